The van der Waals surface area contributed by atoms with E-state index in [1.165, 1.54) is 19.3 Å². The number of carbonyl (C=O) groups is 1. The molecule has 0 spiro atoms. The number of aliphatic hydroxyl groups is 1. The van der Waals surface area contributed by atoms with Gasteiger partial charge >= 0.3 is 0 Å². The van der Waals surface area contributed by atoms with Gasteiger partial charge in [0.2, 0.25) is 5.91 Å². The first-order chi connectivity index (χ1) is 11.2. The molecule has 4 nitrogen and oxygen atoms in total. The Morgan fingerprint density at radius 3 is 2.70 bits per heavy atom. The standard InChI is InChI=1S/C19H27NO3/c1-2-23-16-8-3-13(4-9-16)5-10-18(22)20-19-15-7-6-14(11-15)17(19)12-21/h3-4,8-9,14-15,17,19,21H,2,5-7,10-12H2,1H3,(H,20,22). The fourth-order valence-corrected chi connectivity index (χ4v) is 4.33. The van der Waals surface area contributed by atoms with Crippen LogP contribution in [0.25, 0.3) is 0 Å². The Bertz CT molecular complexity index is 528. The third-order valence-electron chi connectivity index (χ3n) is 5.50. The first-order valence-corrected chi connectivity index (χ1v) is 8.83. The Morgan fingerprint density at radius 1 is 1.26 bits per heavy atom. The van der Waals surface area contributed by atoms with Gasteiger partial charge in [0, 0.05) is 25.0 Å². The molecule has 0 aliphatic heterocycles. The van der Waals surface area contributed by atoms with Crippen molar-refractivity contribution < 1.29 is 14.6 Å². The van der Waals surface area contributed by atoms with Crippen LogP contribution < -0.4 is 10.1 Å². The minimum absolute atomic E-state index is 0.106. The van der Waals surface area contributed by atoms with Gasteiger partial charge in [-0.1, -0.05) is 12.1 Å². The molecule has 2 aliphatic carbocycles. The van der Waals surface area contributed by atoms with E-state index >= 15 is 0 Å². The van der Waals surface area contributed by atoms with Gasteiger partial charge in [0.05, 0.1) is 6.61 Å². The van der Waals surface area contributed by atoms with Gasteiger partial charge in [0.1, 0.15) is 5.75 Å². The van der Waals surface area contributed by atoms with E-state index in [9.17, 15) is 9.90 Å². The zero-order valence-electron chi connectivity index (χ0n) is 13.8. The molecular weight excluding hydrogens is 290 g/mol. The molecule has 4 unspecified atom stereocenters. The van der Waals surface area contributed by atoms with Crippen LogP contribution in [0.3, 0.4) is 0 Å². The summed E-state index contributed by atoms with van der Waals surface area (Å²) in [7, 11) is 0. The lowest BCUT2D eigenvalue weighted by Gasteiger charge is -2.30. The number of fused-ring (bicyclic) bond motifs is 2. The van der Waals surface area contributed by atoms with Crippen LogP contribution in [0.4, 0.5) is 0 Å². The second kappa shape index (κ2) is 7.35. The maximum Gasteiger partial charge on any atom is 0.220 e. The van der Waals surface area contributed by atoms with Crippen molar-refractivity contribution in [2.45, 2.75) is 45.1 Å². The number of ether oxygens (including phenoxy) is 1. The molecule has 0 saturated heterocycles. The summed E-state index contributed by atoms with van der Waals surface area (Å²) in [6.07, 6.45) is 4.83. The lowest BCUT2D eigenvalue weighted by molar-refractivity contribution is -0.122. The molecule has 1 aromatic rings. The van der Waals surface area contributed by atoms with E-state index in [1.807, 2.05) is 31.2 Å². The zero-order chi connectivity index (χ0) is 16.2. The van der Waals surface area contributed by atoms with Crippen LogP contribution in [0.1, 0.15) is 38.2 Å². The SMILES string of the molecule is CCOc1ccc(CCC(=O)NC2C3CCC(C3)C2CO)cc1. The van der Waals surface area contributed by atoms with Crippen LogP contribution in [0.15, 0.2) is 24.3 Å². The average molecular weight is 317 g/mol. The third-order valence-corrected chi connectivity index (χ3v) is 5.50. The Balaban J connectivity index is 1.48. The average Bonchev–Trinajstić information content (AvgIpc) is 3.16. The summed E-state index contributed by atoms with van der Waals surface area (Å²) in [5.74, 6) is 2.43. The second-order valence-corrected chi connectivity index (χ2v) is 6.85. The molecule has 0 heterocycles. The highest BCUT2D eigenvalue weighted by Gasteiger charge is 2.47. The molecule has 2 aliphatic rings. The summed E-state index contributed by atoms with van der Waals surface area (Å²) in [6, 6.07) is 8.13. The molecule has 23 heavy (non-hydrogen) atoms. The predicted octanol–water partition coefficient (Wildman–Crippen LogP) is 2.54. The summed E-state index contributed by atoms with van der Waals surface area (Å²) in [4.78, 5) is 12.3. The third kappa shape index (κ3) is 3.69. The molecule has 2 fully saturated rings. The fourth-order valence-electron chi connectivity index (χ4n) is 4.33. The number of aliphatic hydroxyl groups excluding tert-OH is 1. The summed E-state index contributed by atoms with van der Waals surface area (Å²) in [6.45, 7) is 2.83. The topological polar surface area (TPSA) is 58.6 Å². The van der Waals surface area contributed by atoms with Crippen molar-refractivity contribution in [3.63, 3.8) is 0 Å². The van der Waals surface area contributed by atoms with Crippen LogP contribution in [-0.2, 0) is 11.2 Å². The summed E-state index contributed by atoms with van der Waals surface area (Å²) >= 11 is 0. The highest BCUT2D eigenvalue weighted by Crippen LogP contribution is 2.48. The first-order valence-electron chi connectivity index (χ1n) is 8.83. The van der Waals surface area contributed by atoms with Gasteiger partial charge in [-0.15, -0.1) is 0 Å². The highest BCUT2D eigenvalue weighted by atomic mass is 16.5. The minimum atomic E-state index is 0.106. The van der Waals surface area contributed by atoms with Gasteiger partial charge in [0.25, 0.3) is 0 Å². The van der Waals surface area contributed by atoms with E-state index in [-0.39, 0.29) is 24.5 Å². The van der Waals surface area contributed by atoms with Crippen molar-refractivity contribution in [1.82, 2.24) is 5.32 Å². The molecule has 2 N–H and O–H groups in total. The van der Waals surface area contributed by atoms with Crippen LogP contribution in [0.2, 0.25) is 0 Å². The Morgan fingerprint density at radius 2 is 2.00 bits per heavy atom. The van der Waals surface area contributed by atoms with Crippen molar-refractivity contribution in [3.8, 4) is 5.75 Å². The molecule has 2 saturated carbocycles. The largest absolute Gasteiger partial charge is 0.494 e. The molecule has 4 heteroatoms. The van der Waals surface area contributed by atoms with E-state index in [0.29, 0.717) is 24.9 Å². The maximum atomic E-state index is 12.3. The van der Waals surface area contributed by atoms with Crippen molar-refractivity contribution in [2.24, 2.45) is 17.8 Å². The molecular formula is C19H27NO3. The molecule has 1 aromatic carbocycles. The molecule has 4 atom stereocenters. The monoisotopic (exact) mass is 317 g/mol. The molecule has 0 aromatic heterocycles. The number of hydrogen-bond acceptors (Lipinski definition) is 3. The van der Waals surface area contributed by atoms with Crippen LogP contribution in [0.5, 0.6) is 5.75 Å². The highest BCUT2D eigenvalue weighted by molar-refractivity contribution is 5.76. The van der Waals surface area contributed by atoms with E-state index in [4.69, 9.17) is 4.74 Å². The number of rotatable bonds is 7. The number of carbonyl (C=O) groups excluding carboxylic acids is 1. The van der Waals surface area contributed by atoms with Crippen molar-refractivity contribution in [2.75, 3.05) is 13.2 Å². The predicted molar refractivity (Wildman–Crippen MR) is 89.3 cm³/mol. The summed E-state index contributed by atoms with van der Waals surface area (Å²) < 4.78 is 5.42. The summed E-state index contributed by atoms with van der Waals surface area (Å²) in [5.41, 5.74) is 1.15. The molecule has 1 amide bonds. The van der Waals surface area contributed by atoms with Gasteiger partial charge in [-0.2, -0.15) is 0 Å². The summed E-state index contributed by atoms with van der Waals surface area (Å²) in [5, 5.41) is 12.8. The minimum Gasteiger partial charge on any atom is -0.494 e. The molecule has 0 radical (unpaired) electrons. The molecule has 3 rings (SSSR count). The lowest BCUT2D eigenvalue weighted by Crippen LogP contribution is -2.45. The van der Waals surface area contributed by atoms with Crippen LogP contribution >= 0.6 is 0 Å². The quantitative estimate of drug-likeness (QED) is 0.812. The van der Waals surface area contributed by atoms with Crippen LogP contribution in [0, 0.1) is 17.8 Å². The van der Waals surface area contributed by atoms with Crippen molar-refractivity contribution in [1.29, 1.82) is 0 Å². The van der Waals surface area contributed by atoms with Gasteiger partial charge in [0.15, 0.2) is 0 Å². The van der Waals surface area contributed by atoms with Crippen LogP contribution in [-0.4, -0.2) is 30.3 Å². The van der Waals surface area contributed by atoms with E-state index in [0.717, 1.165) is 17.7 Å². The van der Waals surface area contributed by atoms with E-state index in [1.54, 1.807) is 0 Å². The number of amides is 1. The van der Waals surface area contributed by atoms with E-state index in [2.05, 4.69) is 5.32 Å². The first kappa shape index (κ1) is 16.3. The fraction of sp³-hybridized carbons (Fsp3) is 0.632. The lowest BCUT2D eigenvalue weighted by atomic mass is 9.85. The Kier molecular flexibility index (Phi) is 5.21. The molecule has 2 bridgehead atoms. The second-order valence-electron chi connectivity index (χ2n) is 6.85. The number of aryl methyl sites for hydroxylation is 1. The van der Waals surface area contributed by atoms with Gasteiger partial charge < -0.3 is 15.2 Å². The number of benzene rings is 1. The normalized spacial score (nSPS) is 28.8. The maximum absolute atomic E-state index is 12.3. The zero-order valence-corrected chi connectivity index (χ0v) is 13.8. The Labute approximate surface area is 138 Å². The number of nitrogens with one attached hydrogen (secondary N) is 1. The molecule has 126 valence electrons. The van der Waals surface area contributed by atoms with Gasteiger partial charge in [-0.25, -0.2) is 0 Å². The van der Waals surface area contributed by atoms with E-state index < -0.39 is 0 Å². The smallest absolute Gasteiger partial charge is 0.220 e. The number of hydrogen-bond donors (Lipinski definition) is 2. The van der Waals surface area contributed by atoms with Gasteiger partial charge in [-0.3, -0.25) is 4.79 Å². The van der Waals surface area contributed by atoms with Gasteiger partial charge in [-0.05, 0) is 62.1 Å². The van der Waals surface area contributed by atoms with Crippen molar-refractivity contribution in [3.05, 3.63) is 29.8 Å². The Hall–Kier alpha value is -1.55. The van der Waals surface area contributed by atoms with Crippen molar-refractivity contribution >= 4 is 5.91 Å².